The lowest BCUT2D eigenvalue weighted by Gasteiger charge is -2.11. The van der Waals surface area contributed by atoms with Crippen LogP contribution in [0.2, 0.25) is 0 Å². The van der Waals surface area contributed by atoms with Crippen LogP contribution < -0.4 is 20.1 Å². The van der Waals surface area contributed by atoms with Crippen LogP contribution >= 0.6 is 24.0 Å². The van der Waals surface area contributed by atoms with Gasteiger partial charge in [0.2, 0.25) is 6.79 Å². The summed E-state index contributed by atoms with van der Waals surface area (Å²) in [6.45, 7) is 4.34. The average molecular weight is 419 g/mol. The lowest BCUT2D eigenvalue weighted by Crippen LogP contribution is -2.38. The van der Waals surface area contributed by atoms with Gasteiger partial charge in [-0.25, -0.2) is 0 Å². The number of guanidine groups is 1. The van der Waals surface area contributed by atoms with Crippen molar-refractivity contribution < 1.29 is 9.47 Å². The first-order valence-corrected chi connectivity index (χ1v) is 7.66. The highest BCUT2D eigenvalue weighted by Crippen LogP contribution is 2.32. The number of benzene rings is 1. The Morgan fingerprint density at radius 1 is 1.14 bits per heavy atom. The molecule has 0 aliphatic carbocycles. The quantitative estimate of drug-likeness (QED) is 0.309. The van der Waals surface area contributed by atoms with Crippen molar-refractivity contribution in [3.05, 3.63) is 23.8 Å². The molecule has 0 saturated heterocycles. The van der Waals surface area contributed by atoms with Crippen LogP contribution in [0.3, 0.4) is 0 Å². The lowest BCUT2D eigenvalue weighted by molar-refractivity contribution is 0.174. The van der Waals surface area contributed by atoms with Crippen molar-refractivity contribution >= 4 is 29.9 Å². The molecule has 2 rings (SSSR count). The third-order valence-corrected chi connectivity index (χ3v) is 3.44. The van der Waals surface area contributed by atoms with Crippen LogP contribution in [0, 0.1) is 0 Å². The molecule has 1 heterocycles. The molecule has 0 unspecified atom stereocenters. The van der Waals surface area contributed by atoms with E-state index in [1.807, 2.05) is 12.1 Å². The molecule has 0 amide bonds. The van der Waals surface area contributed by atoms with Gasteiger partial charge in [0.15, 0.2) is 17.5 Å². The number of fused-ring (bicyclic) bond motifs is 1. The lowest BCUT2D eigenvalue weighted by atomic mass is 10.1. The molecule has 22 heavy (non-hydrogen) atoms. The minimum absolute atomic E-state index is 0. The number of unbranched alkanes of at least 4 members (excludes halogenated alkanes) is 2. The number of halogens is 1. The van der Waals surface area contributed by atoms with Crippen LogP contribution in [0.4, 0.5) is 0 Å². The molecule has 5 nitrogen and oxygen atoms in total. The average Bonchev–Trinajstić information content (AvgIpc) is 2.97. The third-order valence-electron chi connectivity index (χ3n) is 3.44. The van der Waals surface area contributed by atoms with E-state index in [0.29, 0.717) is 6.79 Å². The second-order valence-corrected chi connectivity index (χ2v) is 5.07. The molecule has 1 aliphatic rings. The van der Waals surface area contributed by atoms with Crippen molar-refractivity contribution in [3.63, 3.8) is 0 Å². The first-order chi connectivity index (χ1) is 10.3. The van der Waals surface area contributed by atoms with E-state index < -0.39 is 0 Å². The van der Waals surface area contributed by atoms with E-state index in [9.17, 15) is 0 Å². The van der Waals surface area contributed by atoms with Crippen LogP contribution in [0.15, 0.2) is 23.2 Å². The van der Waals surface area contributed by atoms with Crippen LogP contribution in [-0.2, 0) is 6.42 Å². The molecule has 0 atom stereocenters. The topological polar surface area (TPSA) is 54.9 Å². The summed E-state index contributed by atoms with van der Waals surface area (Å²) in [6, 6.07) is 6.09. The minimum atomic E-state index is 0. The third kappa shape index (κ3) is 5.90. The van der Waals surface area contributed by atoms with Gasteiger partial charge >= 0.3 is 0 Å². The molecule has 1 aromatic carbocycles. The Morgan fingerprint density at radius 2 is 1.91 bits per heavy atom. The molecule has 2 N–H and O–H groups in total. The van der Waals surface area contributed by atoms with E-state index in [-0.39, 0.29) is 24.0 Å². The fourth-order valence-corrected chi connectivity index (χ4v) is 2.22. The van der Waals surface area contributed by atoms with E-state index in [2.05, 4.69) is 28.6 Å². The SMILES string of the molecule is CCCCCNC(=NC)NCCc1ccc2c(c1)OCO2.I. The zero-order chi connectivity index (χ0) is 14.9. The number of hydrogen-bond acceptors (Lipinski definition) is 3. The number of aliphatic imine (C=N–C) groups is 1. The van der Waals surface area contributed by atoms with Crippen molar-refractivity contribution in [2.24, 2.45) is 4.99 Å². The highest BCUT2D eigenvalue weighted by atomic mass is 127. The Kier molecular flexibility index (Phi) is 9.03. The summed E-state index contributed by atoms with van der Waals surface area (Å²) in [7, 11) is 1.80. The summed E-state index contributed by atoms with van der Waals surface area (Å²) in [5.74, 6) is 2.54. The van der Waals surface area contributed by atoms with Gasteiger partial charge in [0, 0.05) is 20.1 Å². The monoisotopic (exact) mass is 419 g/mol. The largest absolute Gasteiger partial charge is 0.454 e. The summed E-state index contributed by atoms with van der Waals surface area (Å²) in [4.78, 5) is 4.22. The smallest absolute Gasteiger partial charge is 0.231 e. The second-order valence-electron chi connectivity index (χ2n) is 5.07. The maximum Gasteiger partial charge on any atom is 0.231 e. The van der Waals surface area contributed by atoms with Gasteiger partial charge in [-0.05, 0) is 30.5 Å². The van der Waals surface area contributed by atoms with Gasteiger partial charge in [-0.3, -0.25) is 4.99 Å². The first-order valence-electron chi connectivity index (χ1n) is 7.66. The van der Waals surface area contributed by atoms with Crippen LogP contribution in [0.1, 0.15) is 31.7 Å². The van der Waals surface area contributed by atoms with Crippen molar-refractivity contribution in [1.82, 2.24) is 10.6 Å². The van der Waals surface area contributed by atoms with E-state index in [1.165, 1.54) is 24.8 Å². The Morgan fingerprint density at radius 3 is 2.68 bits per heavy atom. The molecule has 0 aromatic heterocycles. The molecule has 0 saturated carbocycles. The molecule has 1 aliphatic heterocycles. The highest BCUT2D eigenvalue weighted by Gasteiger charge is 2.12. The summed E-state index contributed by atoms with van der Waals surface area (Å²) in [5, 5.41) is 6.66. The Labute approximate surface area is 149 Å². The Bertz CT molecular complexity index is 480. The number of rotatable bonds is 7. The van der Waals surface area contributed by atoms with E-state index in [4.69, 9.17) is 9.47 Å². The maximum absolute atomic E-state index is 5.39. The number of nitrogens with zero attached hydrogens (tertiary/aromatic N) is 1. The summed E-state index contributed by atoms with van der Waals surface area (Å²) in [6.07, 6.45) is 4.59. The fraction of sp³-hybridized carbons (Fsp3) is 0.562. The van der Waals surface area contributed by atoms with Gasteiger partial charge in [-0.2, -0.15) is 0 Å². The van der Waals surface area contributed by atoms with E-state index >= 15 is 0 Å². The summed E-state index contributed by atoms with van der Waals surface area (Å²) < 4.78 is 10.7. The molecule has 1 aromatic rings. The van der Waals surface area contributed by atoms with E-state index in [0.717, 1.165) is 37.0 Å². The standard InChI is InChI=1S/C16H25N3O2.HI/c1-3-4-5-9-18-16(17-2)19-10-8-13-6-7-14-15(11-13)21-12-20-14;/h6-7,11H,3-5,8-10,12H2,1-2H3,(H2,17,18,19);1H. The van der Waals surface area contributed by atoms with Gasteiger partial charge in [-0.1, -0.05) is 25.8 Å². The van der Waals surface area contributed by atoms with Gasteiger partial charge in [0.25, 0.3) is 0 Å². The van der Waals surface area contributed by atoms with Gasteiger partial charge < -0.3 is 20.1 Å². The zero-order valence-electron chi connectivity index (χ0n) is 13.4. The van der Waals surface area contributed by atoms with Crippen LogP contribution in [0.25, 0.3) is 0 Å². The summed E-state index contributed by atoms with van der Waals surface area (Å²) >= 11 is 0. The fourth-order valence-electron chi connectivity index (χ4n) is 2.22. The highest BCUT2D eigenvalue weighted by molar-refractivity contribution is 14.0. The number of hydrogen-bond donors (Lipinski definition) is 2. The molecule has 6 heteroatoms. The van der Waals surface area contributed by atoms with Crippen molar-refractivity contribution in [2.45, 2.75) is 32.6 Å². The maximum atomic E-state index is 5.39. The number of nitrogens with one attached hydrogen (secondary N) is 2. The van der Waals surface area contributed by atoms with Crippen LogP contribution in [0.5, 0.6) is 11.5 Å². The molecule has 0 fully saturated rings. The molecular weight excluding hydrogens is 393 g/mol. The van der Waals surface area contributed by atoms with Gasteiger partial charge in [0.05, 0.1) is 0 Å². The van der Waals surface area contributed by atoms with Crippen LogP contribution in [-0.4, -0.2) is 32.9 Å². The molecule has 0 radical (unpaired) electrons. The normalized spacial score (nSPS) is 12.7. The van der Waals surface area contributed by atoms with Crippen molar-refractivity contribution in [2.75, 3.05) is 26.9 Å². The molecular formula is C16H26IN3O2. The van der Waals surface area contributed by atoms with Gasteiger partial charge in [-0.15, -0.1) is 24.0 Å². The number of ether oxygens (including phenoxy) is 2. The predicted octanol–water partition coefficient (Wildman–Crippen LogP) is 2.93. The van der Waals surface area contributed by atoms with E-state index in [1.54, 1.807) is 7.05 Å². The summed E-state index contributed by atoms with van der Waals surface area (Å²) in [5.41, 5.74) is 1.23. The second kappa shape index (κ2) is 10.5. The van der Waals surface area contributed by atoms with Crippen molar-refractivity contribution in [3.8, 4) is 11.5 Å². The van der Waals surface area contributed by atoms with Crippen molar-refractivity contribution in [1.29, 1.82) is 0 Å². The van der Waals surface area contributed by atoms with Gasteiger partial charge in [0.1, 0.15) is 0 Å². The molecule has 0 spiro atoms. The predicted molar refractivity (Wildman–Crippen MR) is 101 cm³/mol. The first kappa shape index (κ1) is 18.9. The Hall–Kier alpha value is -1.18. The molecule has 124 valence electrons. The zero-order valence-corrected chi connectivity index (χ0v) is 15.7. The Balaban J connectivity index is 0.00000242. The minimum Gasteiger partial charge on any atom is -0.454 e. The molecule has 0 bridgehead atoms.